The van der Waals surface area contributed by atoms with Crippen molar-refractivity contribution in [3.05, 3.63) is 0 Å². The summed E-state index contributed by atoms with van der Waals surface area (Å²) in [4.78, 5) is 10.7. The fraction of sp³-hybridized carbons (Fsp3) is 0.929. The Labute approximate surface area is 94.6 Å². The number of hydrogen-bond donors (Lipinski definition) is 0. The molecular formula is C14H26O. The third kappa shape index (κ3) is 3.32. The molecule has 0 N–H and O–H groups in total. The summed E-state index contributed by atoms with van der Waals surface area (Å²) in [6.07, 6.45) is 4.87. The van der Waals surface area contributed by atoms with E-state index in [1.807, 2.05) is 6.92 Å². The van der Waals surface area contributed by atoms with Crippen LogP contribution in [0, 0.1) is 29.1 Å². The molecule has 4 atom stereocenters. The number of carbonyl (C=O) groups is 1. The van der Waals surface area contributed by atoms with Crippen LogP contribution < -0.4 is 0 Å². The molecule has 0 bridgehead atoms. The first-order valence-corrected chi connectivity index (χ1v) is 6.30. The molecule has 15 heavy (non-hydrogen) atoms. The highest BCUT2D eigenvalue weighted by molar-refractivity contribution is 5.52. The van der Waals surface area contributed by atoms with Crippen molar-refractivity contribution >= 4 is 6.29 Å². The summed E-state index contributed by atoms with van der Waals surface area (Å²) >= 11 is 0. The zero-order chi connectivity index (χ0) is 11.6. The minimum Gasteiger partial charge on any atom is -0.303 e. The smallest absolute Gasteiger partial charge is 0.122 e. The molecule has 0 heterocycles. The maximum absolute atomic E-state index is 10.7. The minimum absolute atomic E-state index is 0.246. The van der Waals surface area contributed by atoms with Crippen molar-refractivity contribution in [3.63, 3.8) is 0 Å². The first kappa shape index (κ1) is 12.7. The molecule has 1 aliphatic carbocycles. The van der Waals surface area contributed by atoms with Gasteiger partial charge in [0.05, 0.1) is 0 Å². The van der Waals surface area contributed by atoms with E-state index in [1.165, 1.54) is 12.8 Å². The lowest BCUT2D eigenvalue weighted by Crippen LogP contribution is -2.17. The topological polar surface area (TPSA) is 17.1 Å². The molecule has 1 nitrogen and oxygen atoms in total. The van der Waals surface area contributed by atoms with Crippen molar-refractivity contribution in [1.29, 1.82) is 0 Å². The summed E-state index contributed by atoms with van der Waals surface area (Å²) in [6.45, 7) is 11.4. The van der Waals surface area contributed by atoms with Crippen LogP contribution in [0.3, 0.4) is 0 Å². The average Bonchev–Trinajstić information content (AvgIpc) is 2.47. The van der Waals surface area contributed by atoms with Gasteiger partial charge in [0.1, 0.15) is 6.29 Å². The van der Waals surface area contributed by atoms with Gasteiger partial charge < -0.3 is 4.79 Å². The van der Waals surface area contributed by atoms with E-state index >= 15 is 0 Å². The number of hydrogen-bond acceptors (Lipinski definition) is 1. The lowest BCUT2D eigenvalue weighted by molar-refractivity contribution is -0.111. The fourth-order valence-corrected chi connectivity index (χ4v) is 2.90. The van der Waals surface area contributed by atoms with Crippen LogP contribution in [0.2, 0.25) is 0 Å². The van der Waals surface area contributed by atoms with Crippen LogP contribution in [0.1, 0.15) is 53.9 Å². The molecule has 4 unspecified atom stereocenters. The Morgan fingerprint density at radius 2 is 1.93 bits per heavy atom. The number of carbonyl (C=O) groups excluding carboxylic acids is 1. The van der Waals surface area contributed by atoms with Crippen molar-refractivity contribution < 1.29 is 4.79 Å². The monoisotopic (exact) mass is 210 g/mol. The van der Waals surface area contributed by atoms with Gasteiger partial charge >= 0.3 is 0 Å². The Morgan fingerprint density at radius 1 is 1.33 bits per heavy atom. The van der Waals surface area contributed by atoms with Gasteiger partial charge in [-0.3, -0.25) is 0 Å². The van der Waals surface area contributed by atoms with Gasteiger partial charge in [0.2, 0.25) is 0 Å². The Morgan fingerprint density at radius 3 is 2.33 bits per heavy atom. The maximum Gasteiger partial charge on any atom is 0.122 e. The molecule has 1 aliphatic rings. The van der Waals surface area contributed by atoms with E-state index < -0.39 is 0 Å². The first-order chi connectivity index (χ1) is 6.84. The summed E-state index contributed by atoms with van der Waals surface area (Å²) in [5, 5.41) is 0. The second-order valence-electron chi connectivity index (χ2n) is 6.62. The van der Waals surface area contributed by atoms with Crippen LogP contribution in [0.25, 0.3) is 0 Å². The third-order valence-corrected chi connectivity index (χ3v) is 4.18. The van der Waals surface area contributed by atoms with Gasteiger partial charge in [0.15, 0.2) is 0 Å². The summed E-state index contributed by atoms with van der Waals surface area (Å²) in [6, 6.07) is 0. The zero-order valence-electron chi connectivity index (χ0n) is 10.9. The Balaban J connectivity index is 2.53. The summed E-state index contributed by atoms with van der Waals surface area (Å²) in [7, 11) is 0. The van der Waals surface area contributed by atoms with E-state index in [-0.39, 0.29) is 5.92 Å². The Hall–Kier alpha value is -0.330. The van der Waals surface area contributed by atoms with Crippen molar-refractivity contribution in [2.45, 2.75) is 53.9 Å². The maximum atomic E-state index is 10.7. The van der Waals surface area contributed by atoms with Crippen LogP contribution in [0.5, 0.6) is 0 Å². The lowest BCUT2D eigenvalue weighted by atomic mass is 9.79. The van der Waals surface area contributed by atoms with Crippen LogP contribution >= 0.6 is 0 Å². The molecular weight excluding hydrogens is 184 g/mol. The molecule has 0 aromatic rings. The highest BCUT2D eigenvalue weighted by Gasteiger charge is 2.37. The van der Waals surface area contributed by atoms with Gasteiger partial charge in [0, 0.05) is 5.92 Å². The van der Waals surface area contributed by atoms with Crippen molar-refractivity contribution in [2.75, 3.05) is 0 Å². The molecule has 0 saturated heterocycles. The molecule has 1 rings (SSSR count). The molecule has 0 aromatic carbocycles. The van der Waals surface area contributed by atoms with E-state index in [1.54, 1.807) is 0 Å². The molecule has 0 radical (unpaired) electrons. The van der Waals surface area contributed by atoms with Gasteiger partial charge in [-0.1, -0.05) is 34.6 Å². The standard InChI is InChI=1S/C14H26O/c1-10(9-15)6-12-8-13(7-11(12)2)14(3,4)5/h9-13H,6-8H2,1-5H3. The highest BCUT2D eigenvalue weighted by Crippen LogP contribution is 2.46. The van der Waals surface area contributed by atoms with Gasteiger partial charge in [-0.15, -0.1) is 0 Å². The van der Waals surface area contributed by atoms with Crippen molar-refractivity contribution in [2.24, 2.45) is 29.1 Å². The molecule has 1 saturated carbocycles. The van der Waals surface area contributed by atoms with Gasteiger partial charge in [-0.25, -0.2) is 0 Å². The summed E-state index contributed by atoms with van der Waals surface area (Å²) in [5.41, 5.74) is 0.438. The fourth-order valence-electron chi connectivity index (χ4n) is 2.90. The zero-order valence-corrected chi connectivity index (χ0v) is 10.9. The number of rotatable bonds is 3. The molecule has 1 heteroatoms. The lowest BCUT2D eigenvalue weighted by Gasteiger charge is -2.27. The SMILES string of the molecule is CC(C=O)CC1CC(C(C)(C)C)CC1C. The predicted octanol–water partition coefficient (Wildman–Crippen LogP) is 3.92. The number of aldehydes is 1. The van der Waals surface area contributed by atoms with Gasteiger partial charge in [-0.05, 0) is 42.4 Å². The summed E-state index contributed by atoms with van der Waals surface area (Å²) < 4.78 is 0. The highest BCUT2D eigenvalue weighted by atomic mass is 16.1. The van der Waals surface area contributed by atoms with Crippen LogP contribution in [0.15, 0.2) is 0 Å². The Bertz CT molecular complexity index is 214. The quantitative estimate of drug-likeness (QED) is 0.645. The van der Waals surface area contributed by atoms with Crippen LogP contribution in [0.4, 0.5) is 0 Å². The second kappa shape index (κ2) is 4.67. The molecule has 0 aromatic heterocycles. The normalized spacial score (nSPS) is 34.1. The van der Waals surface area contributed by atoms with Crippen molar-refractivity contribution in [3.8, 4) is 0 Å². The molecule has 0 spiro atoms. The van der Waals surface area contributed by atoms with E-state index in [0.717, 1.165) is 30.5 Å². The van der Waals surface area contributed by atoms with E-state index in [9.17, 15) is 4.79 Å². The minimum atomic E-state index is 0.246. The van der Waals surface area contributed by atoms with E-state index in [2.05, 4.69) is 27.7 Å². The van der Waals surface area contributed by atoms with E-state index in [4.69, 9.17) is 0 Å². The first-order valence-electron chi connectivity index (χ1n) is 6.30. The molecule has 0 aliphatic heterocycles. The van der Waals surface area contributed by atoms with E-state index in [0.29, 0.717) is 5.41 Å². The largest absolute Gasteiger partial charge is 0.303 e. The molecule has 88 valence electrons. The summed E-state index contributed by atoms with van der Waals surface area (Å²) in [5.74, 6) is 2.67. The molecule has 1 fully saturated rings. The third-order valence-electron chi connectivity index (χ3n) is 4.18. The van der Waals surface area contributed by atoms with Gasteiger partial charge in [0.25, 0.3) is 0 Å². The van der Waals surface area contributed by atoms with Crippen LogP contribution in [-0.4, -0.2) is 6.29 Å². The van der Waals surface area contributed by atoms with Crippen LogP contribution in [-0.2, 0) is 4.79 Å². The predicted molar refractivity (Wildman–Crippen MR) is 64.7 cm³/mol. The average molecular weight is 210 g/mol. The Kier molecular flexibility index (Phi) is 3.97. The second-order valence-corrected chi connectivity index (χ2v) is 6.62. The van der Waals surface area contributed by atoms with Crippen molar-refractivity contribution in [1.82, 2.24) is 0 Å². The van der Waals surface area contributed by atoms with Gasteiger partial charge in [-0.2, -0.15) is 0 Å². The molecule has 0 amide bonds.